The monoisotopic (exact) mass is 627 g/mol. The molecule has 3 nitrogen and oxygen atoms in total. The van der Waals surface area contributed by atoms with Crippen LogP contribution >= 0.6 is 0 Å². The minimum Gasteiger partial charge on any atom is -0.309 e. The average molecular weight is 628 g/mol. The van der Waals surface area contributed by atoms with E-state index in [0.717, 1.165) is 34.8 Å². The van der Waals surface area contributed by atoms with Gasteiger partial charge in [0.25, 0.3) is 0 Å². The van der Waals surface area contributed by atoms with Gasteiger partial charge >= 0.3 is 0 Å². The van der Waals surface area contributed by atoms with E-state index < -0.39 is 0 Å². The molecule has 1 aliphatic heterocycles. The van der Waals surface area contributed by atoms with E-state index in [1.165, 1.54) is 60.4 Å². The van der Waals surface area contributed by atoms with E-state index in [4.69, 9.17) is 9.98 Å². The first-order chi connectivity index (χ1) is 24.3. The van der Waals surface area contributed by atoms with Crippen LogP contribution in [0.5, 0.6) is 0 Å². The first kappa shape index (κ1) is 28.0. The maximum absolute atomic E-state index is 5.42. The van der Waals surface area contributed by atoms with Gasteiger partial charge in [0.15, 0.2) is 5.84 Å². The number of hydrogen-bond acceptors (Lipinski definition) is 2. The van der Waals surface area contributed by atoms with Gasteiger partial charge in [-0.15, -0.1) is 0 Å². The van der Waals surface area contributed by atoms with Gasteiger partial charge in [-0.2, -0.15) is 0 Å². The second-order valence-corrected chi connectivity index (χ2v) is 13.2. The predicted molar refractivity (Wildman–Crippen MR) is 205 cm³/mol. The highest BCUT2D eigenvalue weighted by atomic mass is 15.0. The van der Waals surface area contributed by atoms with E-state index >= 15 is 0 Å². The highest BCUT2D eigenvalue weighted by molar-refractivity contribution is 6.30. The summed E-state index contributed by atoms with van der Waals surface area (Å²) in [7, 11) is 0. The van der Waals surface area contributed by atoms with Crippen molar-refractivity contribution in [2.24, 2.45) is 15.9 Å². The smallest absolute Gasteiger partial charge is 0.155 e. The predicted octanol–water partition coefficient (Wildman–Crippen LogP) is 11.6. The zero-order valence-electron chi connectivity index (χ0n) is 27.2. The summed E-state index contributed by atoms with van der Waals surface area (Å²) in [5.74, 6) is 0.935. The molecule has 2 aliphatic rings. The molecule has 0 saturated carbocycles. The van der Waals surface area contributed by atoms with Gasteiger partial charge in [0.2, 0.25) is 0 Å². The summed E-state index contributed by atoms with van der Waals surface area (Å²) < 4.78 is 2.47. The first-order valence-electron chi connectivity index (χ1n) is 17.2. The van der Waals surface area contributed by atoms with Crippen molar-refractivity contribution in [2.75, 3.05) is 0 Å². The summed E-state index contributed by atoms with van der Waals surface area (Å²) in [6.45, 7) is 2.26. The highest BCUT2D eigenvalue weighted by Crippen LogP contribution is 2.49. The van der Waals surface area contributed by atoms with Gasteiger partial charge in [0, 0.05) is 27.9 Å². The fourth-order valence-corrected chi connectivity index (χ4v) is 8.39. The van der Waals surface area contributed by atoms with Crippen molar-refractivity contribution in [3.63, 3.8) is 0 Å². The standard InChI is InChI=1S/C46H33N3/c1-2-34-44(30-14-5-3-6-15-30)47-46(31-16-7-4-8-17-31)48-45(34)32-19-11-20-33(28-32)49-39-25-13-24-38-36-22-10-9-21-35(36)37-23-12-18-29-26-27-40(49)43(41(29)37)42(38)39/h3-28,34,45H,2H2,1H3. The lowest BCUT2D eigenvalue weighted by atomic mass is 9.83. The van der Waals surface area contributed by atoms with Crippen molar-refractivity contribution in [3.8, 4) is 27.9 Å². The number of aromatic nitrogens is 1. The Hall–Kier alpha value is -6.06. The molecule has 0 spiro atoms. The van der Waals surface area contributed by atoms with Crippen LogP contribution in [0.15, 0.2) is 168 Å². The normalized spacial score (nSPS) is 16.6. The summed E-state index contributed by atoms with van der Waals surface area (Å²) in [5.41, 5.74) is 13.3. The number of nitrogens with zero attached hydrogens (tertiary/aromatic N) is 3. The molecular weight excluding hydrogens is 595 g/mol. The lowest BCUT2D eigenvalue weighted by Crippen LogP contribution is -2.28. The van der Waals surface area contributed by atoms with Crippen molar-refractivity contribution in [3.05, 3.63) is 174 Å². The van der Waals surface area contributed by atoms with Crippen LogP contribution in [0.4, 0.5) is 0 Å². The Kier molecular flexibility index (Phi) is 6.29. The molecule has 8 aromatic rings. The molecule has 3 heteroatoms. The van der Waals surface area contributed by atoms with Gasteiger partial charge in [0.05, 0.1) is 22.8 Å². The first-order valence-corrected chi connectivity index (χ1v) is 17.2. The van der Waals surface area contributed by atoms with Gasteiger partial charge in [-0.1, -0.05) is 140 Å². The van der Waals surface area contributed by atoms with Gasteiger partial charge < -0.3 is 4.57 Å². The second kappa shape index (κ2) is 11.0. The Morgan fingerprint density at radius 2 is 1.16 bits per heavy atom. The topological polar surface area (TPSA) is 29.6 Å². The molecule has 10 rings (SSSR count). The Morgan fingerprint density at radius 1 is 0.531 bits per heavy atom. The summed E-state index contributed by atoms with van der Waals surface area (Å²) in [6.07, 6.45) is 0.932. The average Bonchev–Trinajstić information content (AvgIpc) is 3.46. The van der Waals surface area contributed by atoms with E-state index in [0.29, 0.717) is 0 Å². The zero-order chi connectivity index (χ0) is 32.5. The molecule has 1 aliphatic carbocycles. The lowest BCUT2D eigenvalue weighted by Gasteiger charge is -2.30. The largest absolute Gasteiger partial charge is 0.309 e. The number of benzene rings is 7. The van der Waals surface area contributed by atoms with Gasteiger partial charge in [0.1, 0.15) is 0 Å². The lowest BCUT2D eigenvalue weighted by molar-refractivity contribution is 0.532. The van der Waals surface area contributed by atoms with E-state index in [2.05, 4.69) is 163 Å². The summed E-state index contributed by atoms with van der Waals surface area (Å²) in [6, 6.07) is 57.1. The molecule has 2 unspecified atom stereocenters. The van der Waals surface area contributed by atoms with Crippen LogP contribution in [-0.4, -0.2) is 16.1 Å². The third-order valence-electron chi connectivity index (χ3n) is 10.5. The van der Waals surface area contributed by atoms with Crippen LogP contribution in [0.1, 0.15) is 36.1 Å². The van der Waals surface area contributed by atoms with E-state index in [-0.39, 0.29) is 12.0 Å². The van der Waals surface area contributed by atoms with Crippen molar-refractivity contribution in [1.29, 1.82) is 0 Å². The van der Waals surface area contributed by atoms with Crippen LogP contribution in [0.3, 0.4) is 0 Å². The number of fused-ring (bicyclic) bond motifs is 3. The maximum atomic E-state index is 5.42. The van der Waals surface area contributed by atoms with Crippen LogP contribution < -0.4 is 0 Å². The Labute approximate surface area is 285 Å². The Balaban J connectivity index is 1.21. The molecule has 2 heterocycles. The molecule has 2 atom stereocenters. The SMILES string of the molecule is CCC1C(c2ccccc2)=NC(c2ccccc2)=NC1c1cccc(-n2c3cccc4c3c3c5c(cccc5ccc32)-c2ccccc2-4)c1. The highest BCUT2D eigenvalue weighted by Gasteiger charge is 2.32. The molecule has 232 valence electrons. The fraction of sp³-hybridized carbons (Fsp3) is 0.0870. The number of rotatable bonds is 5. The number of amidine groups is 1. The van der Waals surface area contributed by atoms with Crippen molar-refractivity contribution in [1.82, 2.24) is 4.57 Å². The van der Waals surface area contributed by atoms with Crippen molar-refractivity contribution in [2.45, 2.75) is 19.4 Å². The fourth-order valence-electron chi connectivity index (χ4n) is 8.39. The van der Waals surface area contributed by atoms with Crippen LogP contribution in [0.2, 0.25) is 0 Å². The van der Waals surface area contributed by atoms with E-state index in [1.54, 1.807) is 0 Å². The van der Waals surface area contributed by atoms with Crippen LogP contribution in [-0.2, 0) is 0 Å². The molecule has 7 aromatic carbocycles. The molecule has 0 radical (unpaired) electrons. The quantitative estimate of drug-likeness (QED) is 0.182. The molecule has 0 bridgehead atoms. The van der Waals surface area contributed by atoms with Crippen LogP contribution in [0.25, 0.3) is 60.5 Å². The van der Waals surface area contributed by atoms with E-state index in [1.807, 2.05) is 6.07 Å². The number of hydrogen-bond donors (Lipinski definition) is 0. The molecular formula is C46H33N3. The molecule has 0 fully saturated rings. The van der Waals surface area contributed by atoms with Gasteiger partial charge in [-0.05, 0) is 74.8 Å². The molecule has 0 saturated heterocycles. The summed E-state index contributed by atoms with van der Waals surface area (Å²) >= 11 is 0. The molecule has 0 amide bonds. The third kappa shape index (κ3) is 4.22. The molecule has 1 aromatic heterocycles. The minimum absolute atomic E-state index is 0.0743. The number of aliphatic imine (C=N–C) groups is 2. The summed E-state index contributed by atoms with van der Waals surface area (Å²) in [4.78, 5) is 10.7. The second-order valence-electron chi connectivity index (χ2n) is 13.2. The minimum atomic E-state index is -0.0743. The Bertz CT molecular complexity index is 2640. The van der Waals surface area contributed by atoms with E-state index in [9.17, 15) is 0 Å². The van der Waals surface area contributed by atoms with Gasteiger partial charge in [-0.25, -0.2) is 4.99 Å². The zero-order valence-corrected chi connectivity index (χ0v) is 27.2. The van der Waals surface area contributed by atoms with Crippen molar-refractivity contribution < 1.29 is 0 Å². The Morgan fingerprint density at radius 3 is 1.92 bits per heavy atom. The molecule has 0 N–H and O–H groups in total. The van der Waals surface area contributed by atoms with Crippen molar-refractivity contribution >= 4 is 44.1 Å². The molecule has 49 heavy (non-hydrogen) atoms. The summed E-state index contributed by atoms with van der Waals surface area (Å²) in [5, 5.41) is 5.24. The van der Waals surface area contributed by atoms with Gasteiger partial charge in [-0.3, -0.25) is 4.99 Å². The third-order valence-corrected chi connectivity index (χ3v) is 10.5. The van der Waals surface area contributed by atoms with Crippen LogP contribution in [0, 0.1) is 5.92 Å². The maximum Gasteiger partial charge on any atom is 0.155 e.